The zero-order chi connectivity index (χ0) is 12.6. The second kappa shape index (κ2) is 4.14. The van der Waals surface area contributed by atoms with E-state index in [-0.39, 0.29) is 11.8 Å². The van der Waals surface area contributed by atoms with Crippen LogP contribution in [0.2, 0.25) is 0 Å². The Bertz CT molecular complexity index is 405. The molecule has 0 aromatic heterocycles. The first-order chi connectivity index (χ1) is 7.04. The number of ether oxygens (including phenoxy) is 2. The molecular weight excluding hydrogens is 258 g/mol. The SMILES string of the molecule is CC1(C)OCC(C)(/C(Cl)=N/OS(C)(=O)=O)O1. The third-order valence-electron chi connectivity index (χ3n) is 1.86. The molecule has 16 heavy (non-hydrogen) atoms. The van der Waals surface area contributed by atoms with Crippen LogP contribution in [0.4, 0.5) is 0 Å². The predicted octanol–water partition coefficient (Wildman–Crippen LogP) is 1.06. The Labute approximate surface area is 99.6 Å². The molecule has 0 aromatic rings. The first-order valence-corrected chi connectivity index (χ1v) is 6.70. The van der Waals surface area contributed by atoms with E-state index in [1.54, 1.807) is 20.8 Å². The van der Waals surface area contributed by atoms with Gasteiger partial charge in [0.1, 0.15) is 5.60 Å². The second-order valence-electron chi connectivity index (χ2n) is 4.18. The highest BCUT2D eigenvalue weighted by Gasteiger charge is 2.45. The van der Waals surface area contributed by atoms with Crippen molar-refractivity contribution in [2.24, 2.45) is 5.16 Å². The lowest BCUT2D eigenvalue weighted by atomic mass is 10.1. The topological polar surface area (TPSA) is 74.2 Å². The van der Waals surface area contributed by atoms with Crippen LogP contribution in [-0.4, -0.2) is 37.8 Å². The summed E-state index contributed by atoms with van der Waals surface area (Å²) in [6.45, 7) is 5.26. The fourth-order valence-electron chi connectivity index (χ4n) is 1.21. The van der Waals surface area contributed by atoms with Crippen molar-refractivity contribution in [1.82, 2.24) is 0 Å². The van der Waals surface area contributed by atoms with Crippen molar-refractivity contribution < 1.29 is 22.2 Å². The molecule has 0 amide bonds. The van der Waals surface area contributed by atoms with Gasteiger partial charge in [0.2, 0.25) is 0 Å². The fourth-order valence-corrected chi connectivity index (χ4v) is 1.59. The van der Waals surface area contributed by atoms with Gasteiger partial charge in [0.25, 0.3) is 0 Å². The molecule has 0 saturated carbocycles. The molecular formula is C8H14ClNO5S. The molecule has 0 aliphatic carbocycles. The van der Waals surface area contributed by atoms with E-state index in [4.69, 9.17) is 21.1 Å². The van der Waals surface area contributed by atoms with Crippen LogP contribution in [0, 0.1) is 0 Å². The van der Waals surface area contributed by atoms with Crippen molar-refractivity contribution >= 4 is 26.9 Å². The molecule has 1 aliphatic rings. The molecule has 6 nitrogen and oxygen atoms in total. The summed E-state index contributed by atoms with van der Waals surface area (Å²) in [5.41, 5.74) is -0.990. The van der Waals surface area contributed by atoms with Crippen LogP contribution in [0.5, 0.6) is 0 Å². The third kappa shape index (κ3) is 3.58. The number of hydrogen-bond acceptors (Lipinski definition) is 6. The van der Waals surface area contributed by atoms with Crippen molar-refractivity contribution in [3.63, 3.8) is 0 Å². The van der Waals surface area contributed by atoms with E-state index in [1.165, 1.54) is 0 Å². The van der Waals surface area contributed by atoms with Gasteiger partial charge in [0, 0.05) is 0 Å². The summed E-state index contributed by atoms with van der Waals surface area (Å²) in [6, 6.07) is 0. The minimum absolute atomic E-state index is 0.108. The lowest BCUT2D eigenvalue weighted by molar-refractivity contribution is -0.144. The van der Waals surface area contributed by atoms with E-state index >= 15 is 0 Å². The summed E-state index contributed by atoms with van der Waals surface area (Å²) in [4.78, 5) is 0. The van der Waals surface area contributed by atoms with Crippen LogP contribution >= 0.6 is 11.6 Å². The maximum atomic E-state index is 10.7. The van der Waals surface area contributed by atoms with Gasteiger partial charge in [-0.25, -0.2) is 0 Å². The Balaban J connectivity index is 2.78. The van der Waals surface area contributed by atoms with Gasteiger partial charge in [-0.1, -0.05) is 16.8 Å². The van der Waals surface area contributed by atoms with Gasteiger partial charge in [-0.05, 0) is 20.8 Å². The van der Waals surface area contributed by atoms with Crippen LogP contribution in [0.15, 0.2) is 5.16 Å². The van der Waals surface area contributed by atoms with Gasteiger partial charge in [-0.15, -0.1) is 0 Å². The van der Waals surface area contributed by atoms with Crippen molar-refractivity contribution in [2.75, 3.05) is 12.9 Å². The Kier molecular flexibility index (Phi) is 3.54. The third-order valence-corrected chi connectivity index (χ3v) is 2.67. The number of nitrogens with zero attached hydrogens (tertiary/aromatic N) is 1. The summed E-state index contributed by atoms with van der Waals surface area (Å²) in [7, 11) is -3.67. The van der Waals surface area contributed by atoms with Crippen molar-refractivity contribution in [3.05, 3.63) is 0 Å². The van der Waals surface area contributed by atoms with Crippen LogP contribution in [0.3, 0.4) is 0 Å². The Morgan fingerprint density at radius 1 is 1.44 bits per heavy atom. The van der Waals surface area contributed by atoms with E-state index < -0.39 is 21.5 Å². The van der Waals surface area contributed by atoms with E-state index in [1.807, 2.05) is 0 Å². The maximum absolute atomic E-state index is 10.7. The highest BCUT2D eigenvalue weighted by molar-refractivity contribution is 7.85. The van der Waals surface area contributed by atoms with Gasteiger partial charge >= 0.3 is 10.1 Å². The average Bonchev–Trinajstić information content (AvgIpc) is 2.36. The minimum atomic E-state index is -3.67. The molecule has 1 rings (SSSR count). The maximum Gasteiger partial charge on any atom is 0.325 e. The molecule has 94 valence electrons. The molecule has 0 aromatic carbocycles. The van der Waals surface area contributed by atoms with Crippen LogP contribution in [0.1, 0.15) is 20.8 Å². The number of hydrogen-bond donors (Lipinski definition) is 0. The second-order valence-corrected chi connectivity index (χ2v) is 6.10. The molecule has 8 heteroatoms. The summed E-state index contributed by atoms with van der Waals surface area (Å²) in [5, 5.41) is 3.20. The smallest absolute Gasteiger partial charge is 0.325 e. The number of rotatable bonds is 3. The van der Waals surface area contributed by atoms with Crippen LogP contribution < -0.4 is 0 Å². The normalized spacial score (nSPS) is 30.4. The van der Waals surface area contributed by atoms with Crippen LogP contribution in [-0.2, 0) is 23.9 Å². The zero-order valence-electron chi connectivity index (χ0n) is 9.48. The summed E-state index contributed by atoms with van der Waals surface area (Å²) in [6.07, 6.45) is 0.874. The number of halogens is 1. The summed E-state index contributed by atoms with van der Waals surface area (Å²) >= 11 is 5.82. The highest BCUT2D eigenvalue weighted by Crippen LogP contribution is 2.32. The monoisotopic (exact) mass is 271 g/mol. The van der Waals surface area contributed by atoms with Gasteiger partial charge < -0.3 is 9.47 Å². The molecule has 0 N–H and O–H groups in total. The van der Waals surface area contributed by atoms with Gasteiger partial charge in [0.15, 0.2) is 11.0 Å². The van der Waals surface area contributed by atoms with Gasteiger partial charge in [-0.3, -0.25) is 4.28 Å². The molecule has 1 aliphatic heterocycles. The lowest BCUT2D eigenvalue weighted by Crippen LogP contribution is -2.37. The van der Waals surface area contributed by atoms with Gasteiger partial charge in [0.05, 0.1) is 12.9 Å². The minimum Gasteiger partial charge on any atom is -0.347 e. The molecule has 0 radical (unpaired) electrons. The largest absolute Gasteiger partial charge is 0.347 e. The standard InChI is InChI=1S/C8H14ClNO5S/c1-7(2)13-5-8(3,14-7)6(9)10-15-16(4,11)12/h5H2,1-4H3/b10-6-. The summed E-state index contributed by atoms with van der Waals surface area (Å²) < 4.78 is 36.5. The predicted molar refractivity (Wildman–Crippen MR) is 58.7 cm³/mol. The molecule has 1 fully saturated rings. The lowest BCUT2D eigenvalue weighted by Gasteiger charge is -2.22. The highest BCUT2D eigenvalue weighted by atomic mass is 35.5. The first-order valence-electron chi connectivity index (χ1n) is 4.51. The van der Waals surface area contributed by atoms with E-state index in [0.29, 0.717) is 0 Å². The molecule has 0 spiro atoms. The van der Waals surface area contributed by atoms with Gasteiger partial charge in [-0.2, -0.15) is 8.42 Å². The number of oxime groups is 1. The molecule has 0 bridgehead atoms. The molecule has 1 atom stereocenters. The Morgan fingerprint density at radius 2 is 2.00 bits per heavy atom. The quantitative estimate of drug-likeness (QED) is 0.567. The molecule has 1 saturated heterocycles. The van der Waals surface area contributed by atoms with Crippen LogP contribution in [0.25, 0.3) is 0 Å². The molecule has 1 unspecified atom stereocenters. The first kappa shape index (κ1) is 13.7. The average molecular weight is 272 g/mol. The van der Waals surface area contributed by atoms with E-state index in [9.17, 15) is 8.42 Å². The van der Waals surface area contributed by atoms with Crippen molar-refractivity contribution in [3.8, 4) is 0 Å². The summed E-state index contributed by atoms with van der Waals surface area (Å²) in [5.74, 6) is -0.782. The Morgan fingerprint density at radius 3 is 2.38 bits per heavy atom. The van der Waals surface area contributed by atoms with Crippen molar-refractivity contribution in [2.45, 2.75) is 32.2 Å². The molecule has 1 heterocycles. The van der Waals surface area contributed by atoms with E-state index in [0.717, 1.165) is 6.26 Å². The Hall–Kier alpha value is -0.370. The van der Waals surface area contributed by atoms with Crippen molar-refractivity contribution in [1.29, 1.82) is 0 Å². The van der Waals surface area contributed by atoms with E-state index in [2.05, 4.69) is 9.44 Å². The fraction of sp³-hybridized carbons (Fsp3) is 0.875. The zero-order valence-corrected chi connectivity index (χ0v) is 11.1.